The number of anilines is 1. The molecule has 0 fully saturated rings. The molecule has 3 rings (SSSR count). The summed E-state index contributed by atoms with van der Waals surface area (Å²) in [5.74, 6) is 0.370. The first-order valence-electron chi connectivity index (χ1n) is 9.23. The lowest BCUT2D eigenvalue weighted by molar-refractivity contribution is 0.0527. The van der Waals surface area contributed by atoms with Crippen molar-refractivity contribution in [3.05, 3.63) is 65.9 Å². The van der Waals surface area contributed by atoms with Gasteiger partial charge in [0.25, 0.3) is 0 Å². The van der Waals surface area contributed by atoms with E-state index in [2.05, 4.69) is 22.4 Å². The Kier molecular flexibility index (Phi) is 8.08. The van der Waals surface area contributed by atoms with Crippen LogP contribution >= 0.6 is 12.4 Å². The summed E-state index contributed by atoms with van der Waals surface area (Å²) in [6.07, 6.45) is 2.42. The summed E-state index contributed by atoms with van der Waals surface area (Å²) in [5.41, 5.74) is 3.20. The van der Waals surface area contributed by atoms with Crippen LogP contribution < -0.4 is 10.1 Å². The Hall–Kier alpha value is -2.79. The highest BCUT2D eigenvalue weighted by Gasteiger charge is 2.17. The minimum Gasteiger partial charge on any atom is -0.494 e. The molecule has 0 radical (unpaired) electrons. The average Bonchev–Trinajstić information content (AvgIpc) is 2.69. The summed E-state index contributed by atoms with van der Waals surface area (Å²) in [4.78, 5) is 16.8. The summed E-state index contributed by atoms with van der Waals surface area (Å²) >= 11 is 0. The fraction of sp³-hybridized carbons (Fsp3) is 0.273. The number of pyridine rings is 1. The predicted molar refractivity (Wildman–Crippen MR) is 115 cm³/mol. The van der Waals surface area contributed by atoms with Crippen molar-refractivity contribution >= 4 is 35.0 Å². The van der Waals surface area contributed by atoms with Crippen LogP contribution in [-0.4, -0.2) is 30.7 Å². The van der Waals surface area contributed by atoms with Crippen LogP contribution in [0, 0.1) is 0 Å². The molecular formula is C22H25ClN2O3. The number of nitrogens with zero attached hydrogens (tertiary/aromatic N) is 1. The molecule has 148 valence electrons. The molecule has 3 aromatic rings. The van der Waals surface area contributed by atoms with Crippen LogP contribution in [0.1, 0.15) is 29.8 Å². The second kappa shape index (κ2) is 10.5. The topological polar surface area (TPSA) is 60.5 Å². The van der Waals surface area contributed by atoms with Gasteiger partial charge in [0.05, 0.1) is 24.4 Å². The first-order valence-corrected chi connectivity index (χ1v) is 9.23. The Labute approximate surface area is 171 Å². The van der Waals surface area contributed by atoms with E-state index < -0.39 is 0 Å². The zero-order chi connectivity index (χ0) is 19.1. The third-order valence-electron chi connectivity index (χ3n) is 4.20. The fourth-order valence-electron chi connectivity index (χ4n) is 2.96. The van der Waals surface area contributed by atoms with Gasteiger partial charge in [0.1, 0.15) is 11.3 Å². The molecule has 1 heterocycles. The number of hydrogen-bond acceptors (Lipinski definition) is 5. The second-order valence-electron chi connectivity index (χ2n) is 6.04. The van der Waals surface area contributed by atoms with Gasteiger partial charge in [-0.05, 0) is 44.0 Å². The lowest BCUT2D eigenvalue weighted by atomic mass is 10.1. The molecule has 0 unspecified atom stereocenters. The maximum atomic E-state index is 12.4. The molecule has 28 heavy (non-hydrogen) atoms. The zero-order valence-electron chi connectivity index (χ0n) is 16.1. The Bertz CT molecular complexity index is 916. The fourth-order valence-corrected chi connectivity index (χ4v) is 2.96. The molecule has 0 aliphatic carbocycles. The van der Waals surface area contributed by atoms with Crippen LogP contribution in [0.25, 0.3) is 10.9 Å². The third kappa shape index (κ3) is 5.14. The van der Waals surface area contributed by atoms with Crippen LogP contribution in [0.3, 0.4) is 0 Å². The van der Waals surface area contributed by atoms with Crippen LogP contribution in [0.4, 0.5) is 5.69 Å². The van der Waals surface area contributed by atoms with Gasteiger partial charge in [-0.2, -0.15) is 0 Å². The van der Waals surface area contributed by atoms with Crippen molar-refractivity contribution in [1.29, 1.82) is 0 Å². The summed E-state index contributed by atoms with van der Waals surface area (Å²) in [5, 5.41) is 4.26. The van der Waals surface area contributed by atoms with Gasteiger partial charge in [-0.25, -0.2) is 4.79 Å². The van der Waals surface area contributed by atoms with Crippen molar-refractivity contribution in [3.63, 3.8) is 0 Å². The van der Waals surface area contributed by atoms with E-state index in [1.54, 1.807) is 13.1 Å². The number of carbonyl (C=O) groups excluding carboxylic acids is 1. The highest BCUT2D eigenvalue weighted by Crippen LogP contribution is 2.30. The van der Waals surface area contributed by atoms with Crippen molar-refractivity contribution in [2.24, 2.45) is 0 Å². The molecule has 0 aliphatic heterocycles. The van der Waals surface area contributed by atoms with Crippen molar-refractivity contribution in [3.8, 4) is 5.75 Å². The van der Waals surface area contributed by atoms with E-state index in [9.17, 15) is 4.79 Å². The van der Waals surface area contributed by atoms with Crippen LogP contribution in [0.15, 0.2) is 54.7 Å². The first-order chi connectivity index (χ1) is 13.2. The molecule has 0 amide bonds. The van der Waals surface area contributed by atoms with Gasteiger partial charge < -0.3 is 14.8 Å². The Balaban J connectivity index is 0.00000280. The predicted octanol–water partition coefficient (Wildman–Crippen LogP) is 4.89. The van der Waals surface area contributed by atoms with E-state index in [-0.39, 0.29) is 18.4 Å². The van der Waals surface area contributed by atoms with E-state index in [1.807, 2.05) is 43.3 Å². The molecule has 5 nitrogen and oxygen atoms in total. The average molecular weight is 401 g/mol. The summed E-state index contributed by atoms with van der Waals surface area (Å²) in [6.45, 7) is 5.32. The van der Waals surface area contributed by atoms with E-state index in [0.717, 1.165) is 28.8 Å². The number of nitrogens with one attached hydrogen (secondary N) is 1. The molecule has 0 saturated heterocycles. The maximum Gasteiger partial charge on any atom is 0.341 e. The number of halogens is 1. The molecule has 1 aromatic heterocycles. The SMILES string of the molecule is CCOC(=O)c1cnc2ccc(OCC)cc2c1NCCc1ccccc1.Cl. The van der Waals surface area contributed by atoms with Crippen molar-refractivity contribution < 1.29 is 14.3 Å². The maximum absolute atomic E-state index is 12.4. The van der Waals surface area contributed by atoms with Crippen molar-refractivity contribution in [1.82, 2.24) is 4.98 Å². The van der Waals surface area contributed by atoms with Gasteiger partial charge in [-0.1, -0.05) is 30.3 Å². The number of rotatable bonds is 8. The monoisotopic (exact) mass is 400 g/mol. The van der Waals surface area contributed by atoms with Crippen LogP contribution in [0.5, 0.6) is 5.75 Å². The highest BCUT2D eigenvalue weighted by molar-refractivity contribution is 6.05. The number of ether oxygens (including phenoxy) is 2. The van der Waals surface area contributed by atoms with Crippen LogP contribution in [0.2, 0.25) is 0 Å². The number of carbonyl (C=O) groups is 1. The summed E-state index contributed by atoms with van der Waals surface area (Å²) in [6, 6.07) is 15.9. The van der Waals surface area contributed by atoms with E-state index >= 15 is 0 Å². The Morgan fingerprint density at radius 1 is 1.07 bits per heavy atom. The van der Waals surface area contributed by atoms with E-state index in [4.69, 9.17) is 9.47 Å². The van der Waals surface area contributed by atoms with E-state index in [0.29, 0.717) is 25.3 Å². The lowest BCUT2D eigenvalue weighted by Crippen LogP contribution is -2.13. The zero-order valence-corrected chi connectivity index (χ0v) is 16.9. The molecule has 0 spiro atoms. The number of esters is 1. The molecular weight excluding hydrogens is 376 g/mol. The molecule has 0 aliphatic rings. The van der Waals surface area contributed by atoms with E-state index in [1.165, 1.54) is 5.56 Å². The van der Waals surface area contributed by atoms with Gasteiger partial charge in [0.15, 0.2) is 0 Å². The lowest BCUT2D eigenvalue weighted by Gasteiger charge is -2.15. The minimum atomic E-state index is -0.379. The van der Waals surface area contributed by atoms with Crippen molar-refractivity contribution in [2.45, 2.75) is 20.3 Å². The van der Waals surface area contributed by atoms with Gasteiger partial charge in [-0.3, -0.25) is 4.98 Å². The largest absolute Gasteiger partial charge is 0.494 e. The quantitative estimate of drug-likeness (QED) is 0.545. The molecule has 0 saturated carbocycles. The molecule has 0 atom stereocenters. The molecule has 2 aromatic carbocycles. The third-order valence-corrected chi connectivity index (χ3v) is 4.20. The summed E-state index contributed by atoms with van der Waals surface area (Å²) in [7, 11) is 0. The first kappa shape index (κ1) is 21.5. The normalized spacial score (nSPS) is 10.2. The summed E-state index contributed by atoms with van der Waals surface area (Å²) < 4.78 is 10.8. The Morgan fingerprint density at radius 2 is 1.86 bits per heavy atom. The number of hydrogen-bond donors (Lipinski definition) is 1. The van der Waals surface area contributed by atoms with Gasteiger partial charge in [-0.15, -0.1) is 12.4 Å². The Morgan fingerprint density at radius 3 is 2.57 bits per heavy atom. The van der Waals surface area contributed by atoms with Crippen molar-refractivity contribution in [2.75, 3.05) is 25.1 Å². The molecule has 1 N–H and O–H groups in total. The molecule has 6 heteroatoms. The number of benzene rings is 2. The minimum absolute atomic E-state index is 0. The van der Waals surface area contributed by atoms with Gasteiger partial charge in [0, 0.05) is 18.1 Å². The smallest absolute Gasteiger partial charge is 0.341 e. The number of fused-ring (bicyclic) bond motifs is 1. The van der Waals surface area contributed by atoms with Gasteiger partial charge >= 0.3 is 5.97 Å². The standard InChI is InChI=1S/C22H24N2O3.ClH/c1-3-26-17-10-11-20-18(14-17)21(19(15-24-20)22(25)27-4-2)23-13-12-16-8-6-5-7-9-16;/h5-11,14-15H,3-4,12-13H2,1-2H3,(H,23,24);1H. The molecule has 0 bridgehead atoms. The number of aromatic nitrogens is 1. The van der Waals surface area contributed by atoms with Crippen LogP contribution in [-0.2, 0) is 11.2 Å². The second-order valence-corrected chi connectivity index (χ2v) is 6.04. The highest BCUT2D eigenvalue weighted by atomic mass is 35.5. The van der Waals surface area contributed by atoms with Gasteiger partial charge in [0.2, 0.25) is 0 Å².